The summed E-state index contributed by atoms with van der Waals surface area (Å²) in [5.41, 5.74) is 4.61. The van der Waals surface area contributed by atoms with Crippen LogP contribution in [-0.2, 0) is 0 Å². The van der Waals surface area contributed by atoms with Crippen molar-refractivity contribution in [3.8, 4) is 0 Å². The van der Waals surface area contributed by atoms with Crippen LogP contribution in [0.4, 0.5) is 0 Å². The number of aryl methyl sites for hydroxylation is 1. The lowest BCUT2D eigenvalue weighted by Crippen LogP contribution is -2.39. The van der Waals surface area contributed by atoms with E-state index in [0.717, 1.165) is 53.4 Å². The number of thiazole rings is 1. The van der Waals surface area contributed by atoms with E-state index >= 15 is 0 Å². The Balaban J connectivity index is 1.57. The lowest BCUT2D eigenvalue weighted by Gasteiger charge is -2.31. The maximum absolute atomic E-state index is 12.7. The molecular weight excluding hydrogens is 308 g/mol. The topological polar surface area (TPSA) is 61.9 Å². The summed E-state index contributed by atoms with van der Waals surface area (Å²) in [6.45, 7) is 3.42. The van der Waals surface area contributed by atoms with Crippen molar-refractivity contribution >= 4 is 28.3 Å². The zero-order valence-corrected chi connectivity index (χ0v) is 13.8. The molecule has 5 nitrogen and oxygen atoms in total. The number of benzene rings is 1. The molecule has 0 radical (unpaired) electrons. The molecule has 3 aromatic rings. The van der Waals surface area contributed by atoms with Crippen LogP contribution in [0.25, 0.3) is 11.0 Å². The molecule has 1 aliphatic heterocycles. The third-order valence-corrected chi connectivity index (χ3v) is 5.36. The van der Waals surface area contributed by atoms with E-state index in [9.17, 15) is 4.79 Å². The number of amides is 1. The number of para-hydroxylation sites is 2. The number of rotatable bonds is 2. The zero-order chi connectivity index (χ0) is 15.8. The van der Waals surface area contributed by atoms with Crippen LogP contribution >= 0.6 is 11.3 Å². The number of hydrogen-bond acceptors (Lipinski definition) is 4. The van der Waals surface area contributed by atoms with Gasteiger partial charge in [0, 0.05) is 19.0 Å². The minimum atomic E-state index is 0.103. The predicted molar refractivity (Wildman–Crippen MR) is 90.8 cm³/mol. The SMILES string of the molecule is Cc1ncsc1C(=O)N1CCCC(c2nc3ccccc3[nH]2)C1. The Morgan fingerprint density at radius 1 is 1.39 bits per heavy atom. The Bertz CT molecular complexity index is 820. The van der Waals surface area contributed by atoms with Crippen molar-refractivity contribution in [2.24, 2.45) is 0 Å². The van der Waals surface area contributed by atoms with Crippen molar-refractivity contribution in [1.29, 1.82) is 0 Å². The van der Waals surface area contributed by atoms with Gasteiger partial charge in [-0.25, -0.2) is 9.97 Å². The number of fused-ring (bicyclic) bond motifs is 1. The highest BCUT2D eigenvalue weighted by molar-refractivity contribution is 7.11. The van der Waals surface area contributed by atoms with E-state index in [4.69, 9.17) is 4.98 Å². The van der Waals surface area contributed by atoms with Crippen LogP contribution in [0.2, 0.25) is 0 Å². The molecule has 1 unspecified atom stereocenters. The van der Waals surface area contributed by atoms with Crippen molar-refractivity contribution < 1.29 is 4.79 Å². The fourth-order valence-corrected chi connectivity index (χ4v) is 3.97. The largest absolute Gasteiger partial charge is 0.342 e. The van der Waals surface area contributed by atoms with Crippen LogP contribution in [-0.4, -0.2) is 38.8 Å². The lowest BCUT2D eigenvalue weighted by molar-refractivity contribution is 0.0709. The van der Waals surface area contributed by atoms with Gasteiger partial charge in [-0.15, -0.1) is 11.3 Å². The van der Waals surface area contributed by atoms with Crippen LogP contribution in [0.3, 0.4) is 0 Å². The van der Waals surface area contributed by atoms with Gasteiger partial charge in [-0.2, -0.15) is 0 Å². The average Bonchev–Trinajstić information content (AvgIpc) is 3.20. The molecule has 1 atom stereocenters. The number of carbonyl (C=O) groups is 1. The van der Waals surface area contributed by atoms with Gasteiger partial charge in [-0.1, -0.05) is 12.1 Å². The Kier molecular flexibility index (Phi) is 3.61. The second-order valence-corrected chi connectivity index (χ2v) is 6.85. The molecule has 0 aliphatic carbocycles. The number of hydrogen-bond donors (Lipinski definition) is 1. The van der Waals surface area contributed by atoms with Gasteiger partial charge < -0.3 is 9.88 Å². The Labute approximate surface area is 138 Å². The summed E-state index contributed by atoms with van der Waals surface area (Å²) < 4.78 is 0. The molecule has 1 N–H and O–H groups in total. The van der Waals surface area contributed by atoms with Gasteiger partial charge in [0.2, 0.25) is 0 Å². The van der Waals surface area contributed by atoms with Crippen LogP contribution in [0.1, 0.15) is 39.9 Å². The van der Waals surface area contributed by atoms with Gasteiger partial charge >= 0.3 is 0 Å². The molecule has 1 fully saturated rings. The molecule has 1 saturated heterocycles. The summed E-state index contributed by atoms with van der Waals surface area (Å²) in [5, 5.41) is 0. The highest BCUT2D eigenvalue weighted by Crippen LogP contribution is 2.28. The standard InChI is InChI=1S/C17H18N4OS/c1-11-15(23-10-18-11)17(22)21-8-4-5-12(9-21)16-19-13-6-2-3-7-14(13)20-16/h2-3,6-7,10,12H,4-5,8-9H2,1H3,(H,19,20). The molecule has 6 heteroatoms. The van der Waals surface area contributed by atoms with Crippen molar-refractivity contribution in [2.45, 2.75) is 25.7 Å². The van der Waals surface area contributed by atoms with Gasteiger partial charge in [0.25, 0.3) is 5.91 Å². The minimum absolute atomic E-state index is 0.103. The molecule has 1 aromatic carbocycles. The number of aromatic amines is 1. The fraction of sp³-hybridized carbons (Fsp3) is 0.353. The molecule has 0 saturated carbocycles. The summed E-state index contributed by atoms with van der Waals surface area (Å²) in [7, 11) is 0. The summed E-state index contributed by atoms with van der Waals surface area (Å²) in [5.74, 6) is 1.36. The first-order valence-corrected chi connectivity index (χ1v) is 8.74. The van der Waals surface area contributed by atoms with Crippen LogP contribution in [0.15, 0.2) is 29.8 Å². The van der Waals surface area contributed by atoms with Crippen molar-refractivity contribution in [3.05, 3.63) is 46.2 Å². The summed E-state index contributed by atoms with van der Waals surface area (Å²) in [6.07, 6.45) is 2.07. The quantitative estimate of drug-likeness (QED) is 0.785. The second-order valence-electron chi connectivity index (χ2n) is 6.00. The molecule has 1 amide bonds. The third-order valence-electron chi connectivity index (χ3n) is 4.44. The highest BCUT2D eigenvalue weighted by Gasteiger charge is 2.28. The molecule has 23 heavy (non-hydrogen) atoms. The van der Waals surface area contributed by atoms with Crippen molar-refractivity contribution in [1.82, 2.24) is 19.9 Å². The monoisotopic (exact) mass is 326 g/mol. The van der Waals surface area contributed by atoms with Crippen molar-refractivity contribution in [3.63, 3.8) is 0 Å². The molecule has 4 rings (SSSR count). The van der Waals surface area contributed by atoms with Gasteiger partial charge in [0.15, 0.2) is 0 Å². The first-order valence-electron chi connectivity index (χ1n) is 7.86. The van der Waals surface area contributed by atoms with Crippen LogP contribution in [0, 0.1) is 6.92 Å². The average molecular weight is 326 g/mol. The van der Waals surface area contributed by atoms with Crippen LogP contribution in [0.5, 0.6) is 0 Å². The highest BCUT2D eigenvalue weighted by atomic mass is 32.1. The second kappa shape index (κ2) is 5.77. The van der Waals surface area contributed by atoms with Gasteiger partial charge in [-0.05, 0) is 31.9 Å². The number of imidazole rings is 1. The smallest absolute Gasteiger partial charge is 0.265 e. The zero-order valence-electron chi connectivity index (χ0n) is 13.0. The fourth-order valence-electron chi connectivity index (χ4n) is 3.20. The van der Waals surface area contributed by atoms with Gasteiger partial charge in [-0.3, -0.25) is 4.79 Å². The minimum Gasteiger partial charge on any atom is -0.342 e. The Morgan fingerprint density at radius 2 is 2.26 bits per heavy atom. The number of H-pyrrole nitrogens is 1. The number of aromatic nitrogens is 3. The molecular formula is C17H18N4OS. The molecule has 2 aromatic heterocycles. The van der Waals surface area contributed by atoms with E-state index in [1.54, 1.807) is 5.51 Å². The maximum Gasteiger partial charge on any atom is 0.265 e. The number of nitrogens with zero attached hydrogens (tertiary/aromatic N) is 3. The number of nitrogens with one attached hydrogen (secondary N) is 1. The van der Waals surface area contributed by atoms with E-state index in [0.29, 0.717) is 0 Å². The lowest BCUT2D eigenvalue weighted by atomic mass is 9.97. The maximum atomic E-state index is 12.7. The summed E-state index contributed by atoms with van der Waals surface area (Å²) in [6, 6.07) is 8.06. The Morgan fingerprint density at radius 3 is 3.04 bits per heavy atom. The third kappa shape index (κ3) is 2.63. The van der Waals surface area contributed by atoms with E-state index in [1.165, 1.54) is 11.3 Å². The van der Waals surface area contributed by atoms with E-state index < -0.39 is 0 Å². The molecule has 3 heterocycles. The van der Waals surface area contributed by atoms with E-state index in [1.807, 2.05) is 36.1 Å². The normalized spacial score (nSPS) is 18.5. The first kappa shape index (κ1) is 14.4. The van der Waals surface area contributed by atoms with Crippen LogP contribution < -0.4 is 0 Å². The van der Waals surface area contributed by atoms with Crippen molar-refractivity contribution in [2.75, 3.05) is 13.1 Å². The van der Waals surface area contributed by atoms with Gasteiger partial charge in [0.05, 0.1) is 22.2 Å². The van der Waals surface area contributed by atoms with E-state index in [2.05, 4.69) is 9.97 Å². The molecule has 0 spiro atoms. The predicted octanol–water partition coefficient (Wildman–Crippen LogP) is 3.35. The first-order chi connectivity index (χ1) is 11.2. The van der Waals surface area contributed by atoms with E-state index in [-0.39, 0.29) is 11.8 Å². The number of piperidine rings is 1. The summed E-state index contributed by atoms with van der Waals surface area (Å²) in [4.78, 5) is 27.7. The molecule has 1 aliphatic rings. The number of carbonyl (C=O) groups excluding carboxylic acids is 1. The molecule has 118 valence electrons. The Hall–Kier alpha value is -2.21. The molecule has 0 bridgehead atoms. The number of likely N-dealkylation sites (tertiary alicyclic amines) is 1. The summed E-state index contributed by atoms with van der Waals surface area (Å²) >= 11 is 1.43. The van der Waals surface area contributed by atoms with Gasteiger partial charge in [0.1, 0.15) is 10.7 Å².